The normalized spacial score (nSPS) is 15.1. The van der Waals surface area contributed by atoms with Gasteiger partial charge >= 0.3 is 0 Å². The van der Waals surface area contributed by atoms with Crippen LogP contribution < -0.4 is 15.5 Å². The fourth-order valence-electron chi connectivity index (χ4n) is 2.90. The molecule has 0 spiro atoms. The van der Waals surface area contributed by atoms with Gasteiger partial charge in [0, 0.05) is 66.3 Å². The number of ether oxygens (including phenoxy) is 2. The zero-order chi connectivity index (χ0) is 18.6. The molecule has 1 fully saturated rings. The predicted molar refractivity (Wildman–Crippen MR) is 123 cm³/mol. The molecule has 1 saturated heterocycles. The smallest absolute Gasteiger partial charge is 0.191 e. The average molecular weight is 490 g/mol. The first-order valence-corrected chi connectivity index (χ1v) is 9.55. The van der Waals surface area contributed by atoms with Crippen LogP contribution in [0.25, 0.3) is 0 Å². The van der Waals surface area contributed by atoms with Gasteiger partial charge in [0.2, 0.25) is 0 Å². The summed E-state index contributed by atoms with van der Waals surface area (Å²) in [5, 5.41) is 6.70. The number of guanidine groups is 1. The molecule has 0 atom stereocenters. The molecule has 2 N–H and O–H groups in total. The lowest BCUT2D eigenvalue weighted by molar-refractivity contribution is 0.0203. The van der Waals surface area contributed by atoms with Crippen molar-refractivity contribution in [3.8, 4) is 0 Å². The highest BCUT2D eigenvalue weighted by Crippen LogP contribution is 2.14. The maximum absolute atomic E-state index is 5.79. The molecular weight excluding hydrogens is 455 g/mol. The molecule has 0 aromatic heterocycles. The quantitative estimate of drug-likeness (QED) is 0.241. The summed E-state index contributed by atoms with van der Waals surface area (Å²) >= 11 is 0. The SMILES string of the molecule is CN=C(NCCCOCC1CCOCC1)NCc1cccc(N(C)C)c1.I. The molecule has 1 aliphatic heterocycles. The van der Waals surface area contributed by atoms with Crippen LogP contribution >= 0.6 is 24.0 Å². The van der Waals surface area contributed by atoms with E-state index >= 15 is 0 Å². The average Bonchev–Trinajstić information content (AvgIpc) is 2.68. The van der Waals surface area contributed by atoms with Crippen molar-refractivity contribution in [1.29, 1.82) is 0 Å². The first kappa shape index (κ1) is 24.0. The fraction of sp³-hybridized carbons (Fsp3) is 0.650. The molecule has 154 valence electrons. The second-order valence-corrected chi connectivity index (χ2v) is 6.90. The summed E-state index contributed by atoms with van der Waals surface area (Å²) in [7, 11) is 5.90. The van der Waals surface area contributed by atoms with E-state index in [0.29, 0.717) is 5.92 Å². The highest BCUT2D eigenvalue weighted by molar-refractivity contribution is 14.0. The topological polar surface area (TPSA) is 58.1 Å². The van der Waals surface area contributed by atoms with Gasteiger partial charge in [0.25, 0.3) is 0 Å². The van der Waals surface area contributed by atoms with Crippen molar-refractivity contribution in [3.63, 3.8) is 0 Å². The van der Waals surface area contributed by atoms with Crippen LogP contribution in [0.5, 0.6) is 0 Å². The zero-order valence-corrected chi connectivity index (χ0v) is 19.2. The molecule has 0 saturated carbocycles. The van der Waals surface area contributed by atoms with Crippen molar-refractivity contribution < 1.29 is 9.47 Å². The summed E-state index contributed by atoms with van der Waals surface area (Å²) in [6.07, 6.45) is 3.23. The number of rotatable bonds is 9. The first-order valence-electron chi connectivity index (χ1n) is 9.55. The summed E-state index contributed by atoms with van der Waals surface area (Å²) in [6.45, 7) is 5.02. The van der Waals surface area contributed by atoms with E-state index in [1.807, 2.05) is 0 Å². The second kappa shape index (κ2) is 14.0. The van der Waals surface area contributed by atoms with E-state index in [1.165, 1.54) is 11.3 Å². The molecule has 27 heavy (non-hydrogen) atoms. The van der Waals surface area contributed by atoms with E-state index in [2.05, 4.69) is 58.9 Å². The Kier molecular flexibility index (Phi) is 12.4. The molecule has 7 heteroatoms. The monoisotopic (exact) mass is 490 g/mol. The van der Waals surface area contributed by atoms with Crippen molar-refractivity contribution in [2.24, 2.45) is 10.9 Å². The number of anilines is 1. The van der Waals surface area contributed by atoms with Crippen LogP contribution in [0.4, 0.5) is 5.69 Å². The van der Waals surface area contributed by atoms with E-state index in [4.69, 9.17) is 9.47 Å². The molecule has 0 amide bonds. The minimum Gasteiger partial charge on any atom is -0.381 e. The van der Waals surface area contributed by atoms with E-state index < -0.39 is 0 Å². The Balaban J connectivity index is 0.00000364. The largest absolute Gasteiger partial charge is 0.381 e. The van der Waals surface area contributed by atoms with Crippen LogP contribution in [0.2, 0.25) is 0 Å². The van der Waals surface area contributed by atoms with Crippen molar-refractivity contribution in [1.82, 2.24) is 10.6 Å². The van der Waals surface area contributed by atoms with Crippen LogP contribution in [0.15, 0.2) is 29.3 Å². The lowest BCUT2D eigenvalue weighted by Gasteiger charge is -2.21. The van der Waals surface area contributed by atoms with Gasteiger partial charge in [0.15, 0.2) is 5.96 Å². The third-order valence-electron chi connectivity index (χ3n) is 4.56. The Morgan fingerprint density at radius 2 is 2.04 bits per heavy atom. The summed E-state index contributed by atoms with van der Waals surface area (Å²) in [6, 6.07) is 8.50. The molecule has 1 aliphatic rings. The van der Waals surface area contributed by atoms with Gasteiger partial charge in [-0.2, -0.15) is 0 Å². The molecule has 2 rings (SSSR count). The summed E-state index contributed by atoms with van der Waals surface area (Å²) in [5.41, 5.74) is 2.44. The van der Waals surface area contributed by atoms with Crippen LogP contribution in [0.1, 0.15) is 24.8 Å². The van der Waals surface area contributed by atoms with Crippen molar-refractivity contribution in [2.45, 2.75) is 25.8 Å². The summed E-state index contributed by atoms with van der Waals surface area (Å²) < 4.78 is 11.2. The predicted octanol–water partition coefficient (Wildman–Crippen LogP) is 2.87. The van der Waals surface area contributed by atoms with Gasteiger partial charge in [0.1, 0.15) is 0 Å². The maximum atomic E-state index is 5.79. The van der Waals surface area contributed by atoms with Gasteiger partial charge < -0.3 is 25.0 Å². The number of nitrogens with one attached hydrogen (secondary N) is 2. The molecule has 1 aromatic carbocycles. The Morgan fingerprint density at radius 3 is 2.74 bits per heavy atom. The fourth-order valence-corrected chi connectivity index (χ4v) is 2.90. The Bertz CT molecular complexity index is 549. The number of hydrogen-bond acceptors (Lipinski definition) is 4. The van der Waals surface area contributed by atoms with Gasteiger partial charge in [-0.25, -0.2) is 0 Å². The van der Waals surface area contributed by atoms with Gasteiger partial charge in [-0.1, -0.05) is 12.1 Å². The molecule has 0 bridgehead atoms. The minimum atomic E-state index is 0. The molecule has 0 aliphatic carbocycles. The highest BCUT2D eigenvalue weighted by atomic mass is 127. The molecule has 6 nitrogen and oxygen atoms in total. The number of nitrogens with zero attached hydrogens (tertiary/aromatic N) is 2. The highest BCUT2D eigenvalue weighted by Gasteiger charge is 2.13. The van der Waals surface area contributed by atoms with Gasteiger partial charge in [-0.05, 0) is 42.9 Å². The number of benzene rings is 1. The van der Waals surface area contributed by atoms with Crippen LogP contribution in [-0.4, -0.2) is 60.1 Å². The molecular formula is C20H35IN4O2. The van der Waals surface area contributed by atoms with E-state index in [9.17, 15) is 0 Å². The van der Waals surface area contributed by atoms with Gasteiger partial charge in [-0.15, -0.1) is 24.0 Å². The summed E-state index contributed by atoms with van der Waals surface area (Å²) in [4.78, 5) is 6.39. The van der Waals surface area contributed by atoms with Gasteiger partial charge in [0.05, 0.1) is 0 Å². The van der Waals surface area contributed by atoms with Crippen LogP contribution in [0, 0.1) is 5.92 Å². The summed E-state index contributed by atoms with van der Waals surface area (Å²) in [5.74, 6) is 1.49. The van der Waals surface area contributed by atoms with E-state index in [1.54, 1.807) is 7.05 Å². The first-order chi connectivity index (χ1) is 12.7. The zero-order valence-electron chi connectivity index (χ0n) is 16.9. The van der Waals surface area contributed by atoms with Crippen LogP contribution in [-0.2, 0) is 16.0 Å². The van der Waals surface area contributed by atoms with Crippen molar-refractivity contribution in [3.05, 3.63) is 29.8 Å². The van der Waals surface area contributed by atoms with E-state index in [0.717, 1.165) is 64.7 Å². The molecule has 1 heterocycles. The van der Waals surface area contributed by atoms with Crippen LogP contribution in [0.3, 0.4) is 0 Å². The number of halogens is 1. The number of aliphatic imine (C=N–C) groups is 1. The second-order valence-electron chi connectivity index (χ2n) is 6.90. The Labute approximate surface area is 181 Å². The molecule has 1 aromatic rings. The van der Waals surface area contributed by atoms with E-state index in [-0.39, 0.29) is 24.0 Å². The standard InChI is InChI=1S/C20H34N4O2.HI/c1-21-20(23-15-18-6-4-7-19(14-18)24(2)3)22-10-5-11-26-16-17-8-12-25-13-9-17;/h4,6-7,14,17H,5,8-13,15-16H2,1-3H3,(H2,21,22,23);1H. The molecule has 0 unspecified atom stereocenters. The Morgan fingerprint density at radius 1 is 1.26 bits per heavy atom. The van der Waals surface area contributed by atoms with Crippen molar-refractivity contribution in [2.75, 3.05) is 59.0 Å². The third-order valence-corrected chi connectivity index (χ3v) is 4.56. The third kappa shape index (κ3) is 9.62. The lowest BCUT2D eigenvalue weighted by Crippen LogP contribution is -2.37. The maximum Gasteiger partial charge on any atom is 0.191 e. The lowest BCUT2D eigenvalue weighted by atomic mass is 10.0. The van der Waals surface area contributed by atoms with Crippen molar-refractivity contribution >= 4 is 35.6 Å². The molecule has 0 radical (unpaired) electrons. The van der Waals surface area contributed by atoms with Gasteiger partial charge in [-0.3, -0.25) is 4.99 Å². The Hall–Kier alpha value is -1.06. The minimum absolute atomic E-state index is 0. The number of hydrogen-bond donors (Lipinski definition) is 2.